The number of halogens is 5. The zero-order chi connectivity index (χ0) is 34.5. The van der Waals surface area contributed by atoms with Crippen LogP contribution in [0.2, 0.25) is 5.02 Å². The molecule has 4 rings (SSSR count). The van der Waals surface area contributed by atoms with E-state index in [2.05, 4.69) is 9.72 Å². The number of hydrogen-bond donors (Lipinski definition) is 0. The van der Waals surface area contributed by atoms with Crippen LogP contribution in [0.1, 0.15) is 49.4 Å². The molecule has 244 valence electrons. The van der Waals surface area contributed by atoms with Crippen LogP contribution in [-0.2, 0) is 24.0 Å². The summed E-state index contributed by atoms with van der Waals surface area (Å²) >= 11 is 6.38. The van der Waals surface area contributed by atoms with Crippen LogP contribution in [0.4, 0.5) is 23.4 Å². The summed E-state index contributed by atoms with van der Waals surface area (Å²) in [5, 5.41) is 8.46. The number of hydrogen-bond acceptors (Lipinski definition) is 8. The van der Waals surface area contributed by atoms with Crippen molar-refractivity contribution in [2.75, 3.05) is 26.2 Å². The monoisotopic (exact) mass is 669 g/mol. The molecule has 0 amide bonds. The van der Waals surface area contributed by atoms with Crippen molar-refractivity contribution < 1.29 is 41.4 Å². The molecule has 8 nitrogen and oxygen atoms in total. The largest absolute Gasteiger partial charge is 0.497 e. The molecule has 0 spiro atoms. The molecule has 1 aromatic heterocycles. The average molecular weight is 670 g/mol. The van der Waals surface area contributed by atoms with E-state index in [-0.39, 0.29) is 24.5 Å². The fourth-order valence-corrected chi connectivity index (χ4v) is 5.30. The van der Waals surface area contributed by atoms with E-state index in [1.54, 1.807) is 59.5 Å². The number of methoxy groups -OCH3 is 3. The van der Waals surface area contributed by atoms with E-state index >= 15 is 4.39 Å². The van der Waals surface area contributed by atoms with Crippen molar-refractivity contribution in [3.8, 4) is 28.8 Å². The molecule has 1 heterocycles. The molecule has 0 aliphatic heterocycles. The predicted molar refractivity (Wildman–Crippen MR) is 166 cm³/mol. The molecule has 0 aliphatic rings. The highest BCUT2D eigenvalue weighted by atomic mass is 35.5. The second kappa shape index (κ2) is 14.5. The second-order valence-corrected chi connectivity index (χ2v) is 10.7. The first kappa shape index (κ1) is 34.7. The number of nitriles is 1. The van der Waals surface area contributed by atoms with E-state index in [4.69, 9.17) is 26.3 Å². The SMILES string of the molecule is COC(=O)c1cc(Cl)c(-c2nc(N(Cc3ccc(OC)cc3)Cc3ccc(OC)cc3)cc(C)c2C(F)(F)F)c(F)c1C(=O)CC#N. The van der Waals surface area contributed by atoms with Crippen molar-refractivity contribution in [2.24, 2.45) is 0 Å². The fourth-order valence-electron chi connectivity index (χ4n) is 5.02. The molecule has 0 radical (unpaired) electrons. The molecule has 0 aliphatic carbocycles. The first-order valence-corrected chi connectivity index (χ1v) is 14.3. The van der Waals surface area contributed by atoms with Gasteiger partial charge in [-0.3, -0.25) is 4.79 Å². The number of benzene rings is 3. The number of ketones is 1. The van der Waals surface area contributed by atoms with E-state index in [1.165, 1.54) is 27.2 Å². The minimum Gasteiger partial charge on any atom is -0.497 e. The summed E-state index contributed by atoms with van der Waals surface area (Å²) in [5.74, 6) is -2.62. The Bertz CT molecular complexity index is 1790. The van der Waals surface area contributed by atoms with Crippen LogP contribution in [-0.4, -0.2) is 38.1 Å². The summed E-state index contributed by atoms with van der Waals surface area (Å²) in [7, 11) is 4.00. The third kappa shape index (κ3) is 7.64. The number of Topliss-reactive ketones (excluding diaryl/α,β-unsaturated/α-hetero) is 1. The number of pyridine rings is 1. The highest BCUT2D eigenvalue weighted by Gasteiger charge is 2.39. The van der Waals surface area contributed by atoms with Crippen LogP contribution >= 0.6 is 11.6 Å². The molecule has 4 aromatic rings. The van der Waals surface area contributed by atoms with Gasteiger partial charge < -0.3 is 19.1 Å². The van der Waals surface area contributed by atoms with Crippen molar-refractivity contribution in [3.05, 3.63) is 105 Å². The van der Waals surface area contributed by atoms with Gasteiger partial charge in [-0.05, 0) is 60.0 Å². The van der Waals surface area contributed by atoms with Gasteiger partial charge in [0.15, 0.2) is 5.78 Å². The van der Waals surface area contributed by atoms with Gasteiger partial charge in [0.05, 0.1) is 66.8 Å². The highest BCUT2D eigenvalue weighted by molar-refractivity contribution is 6.34. The summed E-state index contributed by atoms with van der Waals surface area (Å²) in [6, 6.07) is 17.7. The Morgan fingerprint density at radius 3 is 1.91 bits per heavy atom. The molecule has 0 saturated carbocycles. The van der Waals surface area contributed by atoms with Crippen LogP contribution < -0.4 is 14.4 Å². The average Bonchev–Trinajstić information content (AvgIpc) is 3.03. The van der Waals surface area contributed by atoms with E-state index < -0.39 is 63.1 Å². The number of carbonyl (C=O) groups excluding carboxylic acids is 2. The van der Waals surface area contributed by atoms with Gasteiger partial charge in [-0.1, -0.05) is 35.9 Å². The zero-order valence-corrected chi connectivity index (χ0v) is 26.4. The molecular formula is C34H28ClF4N3O5. The summed E-state index contributed by atoms with van der Waals surface area (Å²) in [6.45, 7) is 1.53. The second-order valence-electron chi connectivity index (χ2n) is 10.3. The summed E-state index contributed by atoms with van der Waals surface area (Å²) in [4.78, 5) is 31.3. The summed E-state index contributed by atoms with van der Waals surface area (Å²) in [5.41, 5.74) is -3.39. The fraction of sp³-hybridized carbons (Fsp3) is 0.235. The van der Waals surface area contributed by atoms with Gasteiger partial charge in [0.1, 0.15) is 23.1 Å². The van der Waals surface area contributed by atoms with Crippen LogP contribution in [0.15, 0.2) is 60.7 Å². The maximum Gasteiger partial charge on any atom is 0.418 e. The topological polar surface area (TPSA) is 102 Å². The van der Waals surface area contributed by atoms with Crippen molar-refractivity contribution in [1.29, 1.82) is 5.26 Å². The minimum absolute atomic E-state index is 0.0366. The maximum atomic E-state index is 16.4. The Kier molecular flexibility index (Phi) is 10.7. The Labute approximate surface area is 273 Å². The lowest BCUT2D eigenvalue weighted by Gasteiger charge is -2.27. The van der Waals surface area contributed by atoms with Crippen LogP contribution in [0, 0.1) is 24.1 Å². The van der Waals surface area contributed by atoms with E-state index in [0.717, 1.165) is 24.3 Å². The van der Waals surface area contributed by atoms with Crippen molar-refractivity contribution in [1.82, 2.24) is 4.98 Å². The number of anilines is 1. The van der Waals surface area contributed by atoms with E-state index in [9.17, 15) is 22.8 Å². The van der Waals surface area contributed by atoms with Gasteiger partial charge in [0.2, 0.25) is 0 Å². The lowest BCUT2D eigenvalue weighted by atomic mass is 9.93. The van der Waals surface area contributed by atoms with Gasteiger partial charge in [-0.25, -0.2) is 14.2 Å². The molecule has 0 bridgehead atoms. The van der Waals surface area contributed by atoms with Crippen LogP contribution in [0.25, 0.3) is 11.3 Å². The first-order chi connectivity index (χ1) is 22.3. The maximum absolute atomic E-state index is 16.4. The first-order valence-electron chi connectivity index (χ1n) is 13.9. The molecule has 3 aromatic carbocycles. The molecule has 0 atom stereocenters. The zero-order valence-electron chi connectivity index (χ0n) is 25.7. The normalized spacial score (nSPS) is 11.1. The standard InChI is InChI=1S/C34H28ClF4N3O5/c1-19-15-27(42(17-20-5-9-22(45-2)10-6-20)18-21-7-11-23(46-3)12-8-21)41-32(30(19)34(37,38)39)29-25(35)16-24(33(44)47-4)28(31(29)36)26(43)13-14-40/h5-12,15-16H,13,17-18H2,1-4H3. The molecule has 0 unspecified atom stereocenters. The number of aromatic nitrogens is 1. The lowest BCUT2D eigenvalue weighted by molar-refractivity contribution is -0.137. The number of nitrogens with zero attached hydrogens (tertiary/aromatic N) is 3. The molecule has 0 fully saturated rings. The van der Waals surface area contributed by atoms with Crippen LogP contribution in [0.5, 0.6) is 11.5 Å². The Hall–Kier alpha value is -5.15. The van der Waals surface area contributed by atoms with Gasteiger partial charge in [-0.15, -0.1) is 0 Å². The van der Waals surface area contributed by atoms with Gasteiger partial charge in [0.25, 0.3) is 0 Å². The quantitative estimate of drug-likeness (QED) is 0.0900. The third-order valence-electron chi connectivity index (χ3n) is 7.25. The Morgan fingerprint density at radius 2 is 1.47 bits per heavy atom. The number of aryl methyl sites for hydroxylation is 1. The number of carbonyl (C=O) groups is 2. The molecule has 13 heteroatoms. The summed E-state index contributed by atoms with van der Waals surface area (Å²) in [6.07, 6.45) is -5.90. The smallest absolute Gasteiger partial charge is 0.418 e. The van der Waals surface area contributed by atoms with Gasteiger partial charge in [0, 0.05) is 13.1 Å². The van der Waals surface area contributed by atoms with E-state index in [1.807, 2.05) is 0 Å². The molecule has 0 saturated heterocycles. The van der Waals surface area contributed by atoms with Gasteiger partial charge >= 0.3 is 12.1 Å². The van der Waals surface area contributed by atoms with Gasteiger partial charge in [-0.2, -0.15) is 18.4 Å². The molecule has 47 heavy (non-hydrogen) atoms. The van der Waals surface area contributed by atoms with E-state index in [0.29, 0.717) is 11.5 Å². The number of rotatable bonds is 11. The third-order valence-corrected chi connectivity index (χ3v) is 7.55. The number of ether oxygens (including phenoxy) is 3. The molecular weight excluding hydrogens is 642 g/mol. The Balaban J connectivity index is 1.99. The Morgan fingerprint density at radius 1 is 0.936 bits per heavy atom. The van der Waals surface area contributed by atoms with Crippen molar-refractivity contribution >= 4 is 29.2 Å². The predicted octanol–water partition coefficient (Wildman–Crippen LogP) is 7.98. The highest BCUT2D eigenvalue weighted by Crippen LogP contribution is 2.44. The number of alkyl halides is 3. The lowest BCUT2D eigenvalue weighted by Crippen LogP contribution is -2.25. The summed E-state index contributed by atoms with van der Waals surface area (Å²) < 4.78 is 75.4. The van der Waals surface area contributed by atoms with Crippen molar-refractivity contribution in [2.45, 2.75) is 32.6 Å². The van der Waals surface area contributed by atoms with Crippen LogP contribution in [0.3, 0.4) is 0 Å². The minimum atomic E-state index is -5.03. The number of esters is 1. The molecule has 0 N–H and O–H groups in total. The van der Waals surface area contributed by atoms with Crippen molar-refractivity contribution in [3.63, 3.8) is 0 Å².